The minimum atomic E-state index is -0.270. The average Bonchev–Trinajstić information content (AvgIpc) is 2.55. The van der Waals surface area contributed by atoms with Crippen LogP contribution in [0, 0.1) is 0 Å². The van der Waals surface area contributed by atoms with Crippen LogP contribution in [-0.2, 0) is 0 Å². The van der Waals surface area contributed by atoms with Crippen LogP contribution in [0.2, 0.25) is 5.02 Å². The molecule has 1 fully saturated rings. The number of rotatable bonds is 3. The van der Waals surface area contributed by atoms with E-state index in [0.717, 1.165) is 24.9 Å². The molecule has 1 aliphatic rings. The topological polar surface area (TPSA) is 41.5 Å². The first kappa shape index (κ1) is 13.5. The van der Waals surface area contributed by atoms with Gasteiger partial charge in [-0.05, 0) is 31.0 Å². The summed E-state index contributed by atoms with van der Waals surface area (Å²) in [5, 5.41) is 14.0. The van der Waals surface area contributed by atoms with Gasteiger partial charge in [0.25, 0.3) is 0 Å². The quantitative estimate of drug-likeness (QED) is 0.826. The summed E-state index contributed by atoms with van der Waals surface area (Å²) in [5.41, 5.74) is 0.937. The molecule has 0 spiro atoms. The summed E-state index contributed by atoms with van der Waals surface area (Å²) in [4.78, 5) is 0. The number of methoxy groups -OCH3 is 1. The third kappa shape index (κ3) is 3.30. The van der Waals surface area contributed by atoms with Gasteiger partial charge < -0.3 is 15.2 Å². The maximum atomic E-state index is 10.1. The molecule has 2 N–H and O–H groups in total. The van der Waals surface area contributed by atoms with Gasteiger partial charge in [-0.2, -0.15) is 0 Å². The van der Waals surface area contributed by atoms with Gasteiger partial charge >= 0.3 is 0 Å². The van der Waals surface area contributed by atoms with Crippen molar-refractivity contribution in [1.82, 2.24) is 0 Å². The predicted molar refractivity (Wildman–Crippen MR) is 74.5 cm³/mol. The average molecular weight is 270 g/mol. The number of benzene rings is 1. The van der Waals surface area contributed by atoms with Gasteiger partial charge in [-0.25, -0.2) is 0 Å². The number of hydrogen-bond donors (Lipinski definition) is 2. The molecule has 0 radical (unpaired) electrons. The van der Waals surface area contributed by atoms with Crippen LogP contribution < -0.4 is 10.1 Å². The van der Waals surface area contributed by atoms with Gasteiger partial charge in [0.05, 0.1) is 24.3 Å². The van der Waals surface area contributed by atoms with Crippen LogP contribution in [0.3, 0.4) is 0 Å². The first-order valence-electron chi connectivity index (χ1n) is 6.49. The van der Waals surface area contributed by atoms with E-state index >= 15 is 0 Å². The first-order chi connectivity index (χ1) is 8.70. The van der Waals surface area contributed by atoms with E-state index in [1.54, 1.807) is 7.11 Å². The molecule has 18 heavy (non-hydrogen) atoms. The lowest BCUT2D eigenvalue weighted by molar-refractivity contribution is 0.144. The number of nitrogens with one attached hydrogen (secondary N) is 1. The fraction of sp³-hybridized carbons (Fsp3) is 0.571. The fourth-order valence-electron chi connectivity index (χ4n) is 2.43. The van der Waals surface area contributed by atoms with Gasteiger partial charge in [0.1, 0.15) is 5.75 Å². The fourth-order valence-corrected chi connectivity index (χ4v) is 2.68. The summed E-state index contributed by atoms with van der Waals surface area (Å²) in [7, 11) is 1.60. The Hall–Kier alpha value is -0.930. The zero-order valence-corrected chi connectivity index (χ0v) is 11.4. The summed E-state index contributed by atoms with van der Waals surface area (Å²) in [6.45, 7) is 0. The molecule has 3 nitrogen and oxygen atoms in total. The van der Waals surface area contributed by atoms with Gasteiger partial charge in [-0.1, -0.05) is 30.9 Å². The number of hydrogen-bond acceptors (Lipinski definition) is 3. The molecule has 0 bridgehead atoms. The van der Waals surface area contributed by atoms with E-state index in [4.69, 9.17) is 16.3 Å². The van der Waals surface area contributed by atoms with Crippen molar-refractivity contribution in [1.29, 1.82) is 0 Å². The van der Waals surface area contributed by atoms with Crippen molar-refractivity contribution >= 4 is 17.3 Å². The molecule has 0 heterocycles. The first-order valence-corrected chi connectivity index (χ1v) is 6.86. The third-order valence-corrected chi connectivity index (χ3v) is 3.78. The van der Waals surface area contributed by atoms with Crippen LogP contribution in [0.1, 0.15) is 32.1 Å². The predicted octanol–water partition coefficient (Wildman–Crippen LogP) is 3.45. The summed E-state index contributed by atoms with van der Waals surface area (Å²) in [6, 6.07) is 5.74. The summed E-state index contributed by atoms with van der Waals surface area (Å²) < 4.78 is 5.12. The molecule has 1 saturated carbocycles. The van der Waals surface area contributed by atoms with Gasteiger partial charge in [0, 0.05) is 5.69 Å². The minimum absolute atomic E-state index is 0.122. The minimum Gasteiger partial charge on any atom is -0.495 e. The van der Waals surface area contributed by atoms with Crippen molar-refractivity contribution in [2.45, 2.75) is 44.2 Å². The molecular formula is C14H20ClNO2. The largest absolute Gasteiger partial charge is 0.495 e. The van der Waals surface area contributed by atoms with Crippen molar-refractivity contribution in [3.05, 3.63) is 23.2 Å². The van der Waals surface area contributed by atoms with E-state index in [9.17, 15) is 5.11 Å². The molecule has 0 saturated heterocycles. The van der Waals surface area contributed by atoms with E-state index in [1.165, 1.54) is 12.8 Å². The smallest absolute Gasteiger partial charge is 0.137 e. The van der Waals surface area contributed by atoms with E-state index < -0.39 is 0 Å². The molecule has 2 atom stereocenters. The lowest BCUT2D eigenvalue weighted by Gasteiger charge is -2.23. The van der Waals surface area contributed by atoms with Crippen LogP contribution in [0.25, 0.3) is 0 Å². The van der Waals surface area contributed by atoms with Crippen LogP contribution in [0.15, 0.2) is 18.2 Å². The number of halogens is 1. The molecule has 0 aliphatic heterocycles. The highest BCUT2D eigenvalue weighted by atomic mass is 35.5. The molecule has 2 rings (SSSR count). The number of ether oxygens (including phenoxy) is 1. The molecule has 1 aromatic rings. The molecule has 0 aromatic heterocycles. The summed E-state index contributed by atoms with van der Waals surface area (Å²) in [5.74, 6) is 0.670. The summed E-state index contributed by atoms with van der Waals surface area (Å²) >= 11 is 6.09. The van der Waals surface area contributed by atoms with Crippen LogP contribution in [0.5, 0.6) is 5.75 Å². The third-order valence-electron chi connectivity index (χ3n) is 3.48. The Morgan fingerprint density at radius 2 is 2.06 bits per heavy atom. The molecule has 0 amide bonds. The second-order valence-electron chi connectivity index (χ2n) is 4.81. The molecule has 1 aromatic carbocycles. The van der Waals surface area contributed by atoms with Crippen LogP contribution in [0.4, 0.5) is 5.69 Å². The standard InChI is InChI=1S/C14H20ClNO2/c1-18-14-8-7-10(9-11(14)15)16-12-5-3-2-4-6-13(12)17/h7-9,12-13,16-17H,2-6H2,1H3. The molecule has 1 aliphatic carbocycles. The highest BCUT2D eigenvalue weighted by Gasteiger charge is 2.21. The maximum absolute atomic E-state index is 10.1. The van der Waals surface area contributed by atoms with E-state index in [-0.39, 0.29) is 12.1 Å². The number of anilines is 1. The Kier molecular flexibility index (Phi) is 4.72. The molecule has 100 valence electrons. The van der Waals surface area contributed by atoms with Crippen molar-refractivity contribution in [2.75, 3.05) is 12.4 Å². The van der Waals surface area contributed by atoms with Crippen molar-refractivity contribution in [3.63, 3.8) is 0 Å². The molecule has 4 heteroatoms. The second-order valence-corrected chi connectivity index (χ2v) is 5.21. The highest BCUT2D eigenvalue weighted by Crippen LogP contribution is 2.29. The zero-order valence-electron chi connectivity index (χ0n) is 10.7. The van der Waals surface area contributed by atoms with E-state index in [1.807, 2.05) is 18.2 Å². The van der Waals surface area contributed by atoms with Gasteiger partial charge in [0.15, 0.2) is 0 Å². The van der Waals surface area contributed by atoms with E-state index in [2.05, 4.69) is 5.32 Å². The van der Waals surface area contributed by atoms with Crippen LogP contribution >= 0.6 is 11.6 Å². The molecular weight excluding hydrogens is 250 g/mol. The maximum Gasteiger partial charge on any atom is 0.137 e. The van der Waals surface area contributed by atoms with Gasteiger partial charge in [0.2, 0.25) is 0 Å². The Labute approximate surface area is 113 Å². The van der Waals surface area contributed by atoms with Crippen LogP contribution in [-0.4, -0.2) is 24.4 Å². The van der Waals surface area contributed by atoms with Gasteiger partial charge in [-0.15, -0.1) is 0 Å². The Morgan fingerprint density at radius 3 is 2.78 bits per heavy atom. The monoisotopic (exact) mass is 269 g/mol. The van der Waals surface area contributed by atoms with Crippen molar-refractivity contribution < 1.29 is 9.84 Å². The Morgan fingerprint density at radius 1 is 1.28 bits per heavy atom. The number of aliphatic hydroxyl groups is 1. The lowest BCUT2D eigenvalue weighted by atomic mass is 10.1. The number of aliphatic hydroxyl groups excluding tert-OH is 1. The SMILES string of the molecule is COc1ccc(NC2CCCCCC2O)cc1Cl. The second kappa shape index (κ2) is 6.30. The Bertz CT molecular complexity index is 397. The summed E-state index contributed by atoms with van der Waals surface area (Å²) in [6.07, 6.45) is 5.10. The Balaban J connectivity index is 2.05. The van der Waals surface area contributed by atoms with Crippen molar-refractivity contribution in [2.24, 2.45) is 0 Å². The molecule has 2 unspecified atom stereocenters. The van der Waals surface area contributed by atoms with E-state index in [0.29, 0.717) is 10.8 Å². The highest BCUT2D eigenvalue weighted by molar-refractivity contribution is 6.32. The van der Waals surface area contributed by atoms with Gasteiger partial charge in [-0.3, -0.25) is 0 Å². The lowest BCUT2D eigenvalue weighted by Crippen LogP contribution is -2.32. The zero-order chi connectivity index (χ0) is 13.0. The normalized spacial score (nSPS) is 24.4. The van der Waals surface area contributed by atoms with Crippen molar-refractivity contribution in [3.8, 4) is 5.75 Å².